The Labute approximate surface area is 82.6 Å². The molecule has 0 aliphatic carbocycles. The van der Waals surface area contributed by atoms with Crippen molar-refractivity contribution in [2.75, 3.05) is 13.9 Å². The molecule has 14 heavy (non-hydrogen) atoms. The first-order chi connectivity index (χ1) is 6.79. The average molecular weight is 195 g/mol. The third-order valence-electron chi connectivity index (χ3n) is 2.18. The smallest absolute Gasteiger partial charge is 0.231 e. The van der Waals surface area contributed by atoms with Gasteiger partial charge in [-0.15, -0.1) is 0 Å². The van der Waals surface area contributed by atoms with Gasteiger partial charge in [0.2, 0.25) is 6.79 Å². The van der Waals surface area contributed by atoms with E-state index in [-0.39, 0.29) is 6.23 Å². The Balaban J connectivity index is 2.12. The molecule has 0 fully saturated rings. The van der Waals surface area contributed by atoms with Crippen molar-refractivity contribution >= 4 is 0 Å². The van der Waals surface area contributed by atoms with Gasteiger partial charge in [0.25, 0.3) is 0 Å². The lowest BCUT2D eigenvalue weighted by molar-refractivity contribution is 0.109. The molecule has 0 bridgehead atoms. The van der Waals surface area contributed by atoms with Crippen molar-refractivity contribution in [3.05, 3.63) is 23.8 Å². The molecule has 1 aromatic rings. The quantitative estimate of drug-likeness (QED) is 0.728. The Morgan fingerprint density at radius 1 is 1.43 bits per heavy atom. The van der Waals surface area contributed by atoms with E-state index in [1.165, 1.54) is 0 Å². The maximum atomic E-state index is 5.66. The van der Waals surface area contributed by atoms with Crippen LogP contribution in [0.4, 0.5) is 0 Å². The number of hydrogen-bond acceptors (Lipinski definition) is 4. The van der Waals surface area contributed by atoms with E-state index in [4.69, 9.17) is 19.9 Å². The number of nitrogens with two attached hydrogens (primary N) is 1. The minimum Gasteiger partial charge on any atom is -0.454 e. The predicted octanol–water partition coefficient (Wildman–Crippen LogP) is 0.889. The van der Waals surface area contributed by atoms with Gasteiger partial charge in [-0.1, -0.05) is 6.07 Å². The monoisotopic (exact) mass is 195 g/mol. The molecule has 0 radical (unpaired) electrons. The van der Waals surface area contributed by atoms with Crippen LogP contribution in [0.2, 0.25) is 0 Å². The van der Waals surface area contributed by atoms with Gasteiger partial charge in [-0.05, 0) is 17.7 Å². The zero-order chi connectivity index (χ0) is 9.97. The molecule has 4 nitrogen and oxygen atoms in total. The fourth-order valence-corrected chi connectivity index (χ4v) is 1.38. The molecule has 4 heteroatoms. The van der Waals surface area contributed by atoms with Gasteiger partial charge in [-0.2, -0.15) is 0 Å². The maximum Gasteiger partial charge on any atom is 0.231 e. The van der Waals surface area contributed by atoms with E-state index in [0.29, 0.717) is 13.2 Å². The number of methoxy groups -OCH3 is 1. The highest BCUT2D eigenvalue weighted by atomic mass is 16.7. The minimum absolute atomic E-state index is 0.268. The highest BCUT2D eigenvalue weighted by Crippen LogP contribution is 2.32. The van der Waals surface area contributed by atoms with E-state index in [1.54, 1.807) is 7.11 Å². The number of hydrogen-bond donors (Lipinski definition) is 1. The standard InChI is InChI=1S/C10H13NO3/c1-12-10(11)5-7-2-3-8-9(4-7)14-6-13-8/h2-4,10H,5-6,11H2,1H3. The topological polar surface area (TPSA) is 53.7 Å². The largest absolute Gasteiger partial charge is 0.454 e. The minimum atomic E-state index is -0.268. The van der Waals surface area contributed by atoms with Gasteiger partial charge < -0.3 is 19.9 Å². The van der Waals surface area contributed by atoms with Gasteiger partial charge in [0.15, 0.2) is 11.5 Å². The molecule has 2 N–H and O–H groups in total. The third-order valence-corrected chi connectivity index (χ3v) is 2.18. The van der Waals surface area contributed by atoms with Crippen LogP contribution in [0.25, 0.3) is 0 Å². The normalized spacial score (nSPS) is 15.6. The van der Waals surface area contributed by atoms with E-state index in [1.807, 2.05) is 18.2 Å². The van der Waals surface area contributed by atoms with Crippen molar-refractivity contribution in [1.29, 1.82) is 0 Å². The van der Waals surface area contributed by atoms with Gasteiger partial charge in [0.05, 0.1) is 0 Å². The summed E-state index contributed by atoms with van der Waals surface area (Å²) >= 11 is 0. The number of fused-ring (bicyclic) bond motifs is 1. The highest BCUT2D eigenvalue weighted by molar-refractivity contribution is 5.44. The molecular weight excluding hydrogens is 182 g/mol. The van der Waals surface area contributed by atoms with Gasteiger partial charge in [0.1, 0.15) is 6.23 Å². The van der Waals surface area contributed by atoms with E-state index < -0.39 is 0 Å². The molecule has 0 aromatic heterocycles. The number of ether oxygens (including phenoxy) is 3. The second-order valence-electron chi connectivity index (χ2n) is 3.17. The first-order valence-corrected chi connectivity index (χ1v) is 4.46. The van der Waals surface area contributed by atoms with Gasteiger partial charge in [-0.25, -0.2) is 0 Å². The lowest BCUT2D eigenvalue weighted by Gasteiger charge is -2.09. The van der Waals surface area contributed by atoms with E-state index in [2.05, 4.69) is 0 Å². The molecule has 1 aliphatic heterocycles. The lowest BCUT2D eigenvalue weighted by Crippen LogP contribution is -2.24. The van der Waals surface area contributed by atoms with Crippen LogP contribution < -0.4 is 15.2 Å². The zero-order valence-electron chi connectivity index (χ0n) is 8.03. The van der Waals surface area contributed by atoms with Gasteiger partial charge in [-0.3, -0.25) is 0 Å². The van der Waals surface area contributed by atoms with Crippen LogP contribution >= 0.6 is 0 Å². The Hall–Kier alpha value is -1.26. The molecular formula is C10H13NO3. The first kappa shape index (κ1) is 9.30. The summed E-state index contributed by atoms with van der Waals surface area (Å²) in [5, 5.41) is 0. The molecule has 1 aromatic carbocycles. The van der Waals surface area contributed by atoms with Crippen molar-refractivity contribution in [3.63, 3.8) is 0 Å². The van der Waals surface area contributed by atoms with E-state index in [9.17, 15) is 0 Å². The van der Waals surface area contributed by atoms with Gasteiger partial charge in [0, 0.05) is 13.5 Å². The summed E-state index contributed by atoms with van der Waals surface area (Å²) in [5.74, 6) is 1.57. The molecule has 1 aliphatic rings. The molecule has 1 atom stereocenters. The van der Waals surface area contributed by atoms with Crippen LogP contribution in [-0.4, -0.2) is 20.1 Å². The predicted molar refractivity (Wildman–Crippen MR) is 51.3 cm³/mol. The van der Waals surface area contributed by atoms with Crippen molar-refractivity contribution in [3.8, 4) is 11.5 Å². The number of rotatable bonds is 3. The number of benzene rings is 1. The zero-order valence-corrected chi connectivity index (χ0v) is 8.03. The Bertz CT molecular complexity index is 327. The lowest BCUT2D eigenvalue weighted by atomic mass is 10.1. The summed E-state index contributed by atoms with van der Waals surface area (Å²) in [5.41, 5.74) is 6.74. The molecule has 1 unspecified atom stereocenters. The van der Waals surface area contributed by atoms with Gasteiger partial charge >= 0.3 is 0 Å². The van der Waals surface area contributed by atoms with Crippen molar-refractivity contribution in [2.45, 2.75) is 12.6 Å². The van der Waals surface area contributed by atoms with Crippen LogP contribution in [0.5, 0.6) is 11.5 Å². The highest BCUT2D eigenvalue weighted by Gasteiger charge is 2.13. The van der Waals surface area contributed by atoms with Crippen LogP contribution in [0.15, 0.2) is 18.2 Å². The first-order valence-electron chi connectivity index (χ1n) is 4.46. The molecule has 2 rings (SSSR count). The average Bonchev–Trinajstić information content (AvgIpc) is 2.64. The molecule has 0 saturated heterocycles. The molecule has 0 amide bonds. The summed E-state index contributed by atoms with van der Waals surface area (Å²) in [6, 6.07) is 5.79. The van der Waals surface area contributed by atoms with Crippen LogP contribution in [0.3, 0.4) is 0 Å². The van der Waals surface area contributed by atoms with Crippen LogP contribution in [-0.2, 0) is 11.2 Å². The molecule has 0 spiro atoms. The molecule has 1 heterocycles. The van der Waals surface area contributed by atoms with Crippen LogP contribution in [0, 0.1) is 0 Å². The maximum absolute atomic E-state index is 5.66. The Morgan fingerprint density at radius 3 is 3.00 bits per heavy atom. The van der Waals surface area contributed by atoms with Crippen molar-refractivity contribution in [2.24, 2.45) is 5.73 Å². The third kappa shape index (κ3) is 1.81. The summed E-state index contributed by atoms with van der Waals surface area (Å²) in [4.78, 5) is 0. The van der Waals surface area contributed by atoms with E-state index >= 15 is 0 Å². The fourth-order valence-electron chi connectivity index (χ4n) is 1.38. The Morgan fingerprint density at radius 2 is 2.21 bits per heavy atom. The summed E-state index contributed by atoms with van der Waals surface area (Å²) in [6.07, 6.45) is 0.406. The summed E-state index contributed by atoms with van der Waals surface area (Å²) < 4.78 is 15.4. The molecule has 76 valence electrons. The SMILES string of the molecule is COC(N)Cc1ccc2c(c1)OCO2. The van der Waals surface area contributed by atoms with Crippen LogP contribution in [0.1, 0.15) is 5.56 Å². The fraction of sp³-hybridized carbons (Fsp3) is 0.400. The van der Waals surface area contributed by atoms with Crippen molar-refractivity contribution in [1.82, 2.24) is 0 Å². The second kappa shape index (κ2) is 3.86. The summed E-state index contributed by atoms with van der Waals surface area (Å²) in [7, 11) is 1.59. The summed E-state index contributed by atoms with van der Waals surface area (Å²) in [6.45, 7) is 0.301. The second-order valence-corrected chi connectivity index (χ2v) is 3.17. The molecule has 0 saturated carbocycles. The van der Waals surface area contributed by atoms with Crippen molar-refractivity contribution < 1.29 is 14.2 Å². The Kier molecular flexibility index (Phi) is 2.56. The van der Waals surface area contributed by atoms with E-state index in [0.717, 1.165) is 17.1 Å².